The first kappa shape index (κ1) is 35.4. The van der Waals surface area contributed by atoms with Gasteiger partial charge in [0.1, 0.15) is 0 Å². The second-order valence-corrected chi connectivity index (χ2v) is 16.1. The number of benzene rings is 4. The minimum Gasteiger partial charge on any atom is -0.379 e. The molecule has 4 rings (SSSR count). The van der Waals surface area contributed by atoms with Gasteiger partial charge >= 0.3 is 14.7 Å². The van der Waals surface area contributed by atoms with Gasteiger partial charge in [-0.25, -0.2) is 0 Å². The Kier molecular flexibility index (Phi) is 11.9. The van der Waals surface area contributed by atoms with Gasteiger partial charge < -0.3 is 13.8 Å². The van der Waals surface area contributed by atoms with Gasteiger partial charge in [0.15, 0.2) is 0 Å². The third kappa shape index (κ3) is 7.91. The number of rotatable bonds is 15. The highest BCUT2D eigenvalue weighted by Crippen LogP contribution is 2.51. The zero-order valence-electron chi connectivity index (χ0n) is 27.4. The van der Waals surface area contributed by atoms with Crippen LogP contribution in [0.1, 0.15) is 60.5 Å². The van der Waals surface area contributed by atoms with Gasteiger partial charge in [0.25, 0.3) is 11.0 Å². The van der Waals surface area contributed by atoms with Gasteiger partial charge in [-0.05, 0) is 94.5 Å². The first-order valence-electron chi connectivity index (χ1n) is 15.3. The summed E-state index contributed by atoms with van der Waals surface area (Å²) in [6.07, 6.45) is 0.354. The van der Waals surface area contributed by atoms with E-state index in [1.54, 1.807) is 60.7 Å². The van der Waals surface area contributed by atoms with E-state index >= 15 is 0 Å². The van der Waals surface area contributed by atoms with E-state index in [0.717, 1.165) is 33.4 Å². The summed E-state index contributed by atoms with van der Waals surface area (Å²) in [4.78, 5) is 27.5. The molecule has 0 aromatic heterocycles. The van der Waals surface area contributed by atoms with Gasteiger partial charge in [-0.2, -0.15) is 0 Å². The smallest absolute Gasteiger partial charge is 0.300 e. The Morgan fingerprint density at radius 3 is 1.28 bits per heavy atom. The van der Waals surface area contributed by atoms with E-state index < -0.39 is 25.8 Å². The minimum atomic E-state index is -3.94. The molecule has 242 valence electrons. The highest BCUT2D eigenvalue weighted by atomic mass is 31.2. The molecule has 0 N–H and O–H groups in total. The van der Waals surface area contributed by atoms with E-state index in [9.17, 15) is 18.7 Å². The van der Waals surface area contributed by atoms with Crippen LogP contribution in [-0.2, 0) is 22.9 Å². The lowest BCUT2D eigenvalue weighted by Gasteiger charge is -2.21. The Labute approximate surface area is 272 Å². The molecule has 0 fully saturated rings. The maximum Gasteiger partial charge on any atom is 0.300 e. The Balaban J connectivity index is 1.38. The van der Waals surface area contributed by atoms with Crippen LogP contribution >= 0.6 is 14.7 Å². The van der Waals surface area contributed by atoms with Gasteiger partial charge in [-0.3, -0.25) is 18.7 Å². The van der Waals surface area contributed by atoms with Crippen molar-refractivity contribution < 1.29 is 32.5 Å². The normalized spacial score (nSPS) is 14.0. The van der Waals surface area contributed by atoms with Crippen LogP contribution in [0, 0.1) is 41.5 Å². The number of carbonyl (C=O) groups is 2. The molecule has 4 aromatic carbocycles. The zero-order chi connectivity index (χ0) is 33.5. The Bertz CT molecular complexity index is 1620. The second-order valence-electron chi connectivity index (χ2n) is 11.6. The molecule has 0 saturated heterocycles. The summed E-state index contributed by atoms with van der Waals surface area (Å²) in [7, 11) is -7.86. The van der Waals surface area contributed by atoms with Gasteiger partial charge in [-0.1, -0.05) is 71.8 Å². The molecule has 7 nitrogen and oxygen atoms in total. The van der Waals surface area contributed by atoms with Crippen LogP contribution in [0.25, 0.3) is 0 Å². The van der Waals surface area contributed by atoms with Crippen molar-refractivity contribution in [2.24, 2.45) is 0 Å². The molecule has 0 bridgehead atoms. The van der Waals surface area contributed by atoms with Crippen LogP contribution in [0.3, 0.4) is 0 Å². The minimum absolute atomic E-state index is 0.0235. The second kappa shape index (κ2) is 15.4. The molecule has 0 spiro atoms. The first-order chi connectivity index (χ1) is 21.9. The summed E-state index contributed by atoms with van der Waals surface area (Å²) < 4.78 is 45.9. The molecule has 0 saturated carbocycles. The fraction of sp³-hybridized carbons (Fsp3) is 0.297. The van der Waals surface area contributed by atoms with Crippen molar-refractivity contribution in [3.63, 3.8) is 0 Å². The van der Waals surface area contributed by atoms with Gasteiger partial charge in [0.05, 0.1) is 19.8 Å². The molecular weight excluding hydrogens is 618 g/mol. The molecule has 0 aliphatic rings. The zero-order valence-corrected chi connectivity index (χ0v) is 29.2. The quantitative estimate of drug-likeness (QED) is 0.0938. The third-order valence-corrected chi connectivity index (χ3v) is 12.3. The molecule has 4 aromatic rings. The highest BCUT2D eigenvalue weighted by molar-refractivity contribution is 7.84. The fourth-order valence-electron chi connectivity index (χ4n) is 5.76. The standard InChI is InChI=1S/C37H42O7P2/c1-26-22-28(3)34(29(4)23-26)36(38)45(40,32-14-9-7-10-15-32)43-19-13-18-42-20-21-44-46(41,33-16-11-8-12-17-33)37(39)35-30(5)24-27(2)25-31(35)6/h7-12,14-17,22-25H,13,18-21H2,1-6H3. The number of hydrogen-bond acceptors (Lipinski definition) is 7. The summed E-state index contributed by atoms with van der Waals surface area (Å²) in [5.41, 5.74) is 4.80. The van der Waals surface area contributed by atoms with E-state index in [2.05, 4.69) is 0 Å². The molecule has 0 aliphatic heterocycles. The fourth-order valence-corrected chi connectivity index (χ4v) is 9.90. The van der Waals surface area contributed by atoms with E-state index in [-0.39, 0.29) is 26.4 Å². The van der Waals surface area contributed by atoms with Gasteiger partial charge in [0, 0.05) is 28.3 Å². The van der Waals surface area contributed by atoms with Crippen LogP contribution in [-0.4, -0.2) is 37.5 Å². The van der Waals surface area contributed by atoms with E-state index in [1.807, 2.05) is 65.8 Å². The predicted molar refractivity (Wildman–Crippen MR) is 185 cm³/mol. The highest BCUT2D eigenvalue weighted by Gasteiger charge is 2.39. The van der Waals surface area contributed by atoms with Crippen LogP contribution < -0.4 is 10.6 Å². The summed E-state index contributed by atoms with van der Waals surface area (Å²) in [5.74, 6) is 0. The molecular formula is C37H42O7P2. The third-order valence-electron chi connectivity index (χ3n) is 7.72. The van der Waals surface area contributed by atoms with Crippen molar-refractivity contribution >= 4 is 36.4 Å². The van der Waals surface area contributed by atoms with Crippen molar-refractivity contribution in [1.82, 2.24) is 0 Å². The molecule has 0 aliphatic carbocycles. The van der Waals surface area contributed by atoms with Crippen molar-refractivity contribution in [3.05, 3.63) is 129 Å². The maximum atomic E-state index is 14.2. The monoisotopic (exact) mass is 660 g/mol. The molecule has 2 unspecified atom stereocenters. The largest absolute Gasteiger partial charge is 0.379 e. The Hall–Kier alpha value is -3.44. The lowest BCUT2D eigenvalue weighted by molar-refractivity contribution is 0.0879. The summed E-state index contributed by atoms with van der Waals surface area (Å²) in [6, 6.07) is 24.7. The molecule has 0 radical (unpaired) electrons. The van der Waals surface area contributed by atoms with Crippen molar-refractivity contribution in [2.45, 2.75) is 48.0 Å². The van der Waals surface area contributed by atoms with Crippen LogP contribution in [0.4, 0.5) is 0 Å². The number of ether oxygens (including phenoxy) is 1. The molecule has 0 heterocycles. The Morgan fingerprint density at radius 1 is 0.522 bits per heavy atom. The van der Waals surface area contributed by atoms with Crippen LogP contribution in [0.2, 0.25) is 0 Å². The van der Waals surface area contributed by atoms with Crippen molar-refractivity contribution in [3.8, 4) is 0 Å². The van der Waals surface area contributed by atoms with Crippen molar-refractivity contribution in [1.29, 1.82) is 0 Å². The lowest BCUT2D eigenvalue weighted by atomic mass is 10.0. The number of hydrogen-bond donors (Lipinski definition) is 0. The summed E-state index contributed by atoms with van der Waals surface area (Å²) in [5, 5.41) is 0.669. The molecule has 9 heteroatoms. The van der Waals surface area contributed by atoms with E-state index in [1.165, 1.54) is 0 Å². The van der Waals surface area contributed by atoms with E-state index in [4.69, 9.17) is 13.8 Å². The maximum absolute atomic E-state index is 14.2. The van der Waals surface area contributed by atoms with Crippen molar-refractivity contribution in [2.75, 3.05) is 26.4 Å². The number of aryl methyl sites for hydroxylation is 6. The van der Waals surface area contributed by atoms with E-state index in [0.29, 0.717) is 28.2 Å². The predicted octanol–water partition coefficient (Wildman–Crippen LogP) is 8.16. The Morgan fingerprint density at radius 2 is 0.891 bits per heavy atom. The van der Waals surface area contributed by atoms with Gasteiger partial charge in [-0.15, -0.1) is 0 Å². The lowest BCUT2D eigenvalue weighted by Crippen LogP contribution is -2.19. The topological polar surface area (TPSA) is 96.0 Å². The van der Waals surface area contributed by atoms with Gasteiger partial charge in [0.2, 0.25) is 0 Å². The average Bonchev–Trinajstić information content (AvgIpc) is 3.01. The first-order valence-corrected chi connectivity index (χ1v) is 18.6. The molecule has 0 amide bonds. The van der Waals surface area contributed by atoms with Crippen LogP contribution in [0.15, 0.2) is 84.9 Å². The number of carbonyl (C=O) groups excluding carboxylic acids is 2. The summed E-state index contributed by atoms with van der Waals surface area (Å²) in [6.45, 7) is 11.5. The average molecular weight is 661 g/mol. The van der Waals surface area contributed by atoms with Crippen LogP contribution in [0.5, 0.6) is 0 Å². The molecule has 46 heavy (non-hydrogen) atoms. The summed E-state index contributed by atoms with van der Waals surface area (Å²) >= 11 is 0. The molecule has 2 atom stereocenters. The SMILES string of the molecule is Cc1cc(C)c(C(=O)P(=O)(OCCCOCCOP(=O)(C(=O)c2c(C)cc(C)cc2C)c2ccccc2)c2ccccc2)c(C)c1.